The summed E-state index contributed by atoms with van der Waals surface area (Å²) >= 11 is 0. The van der Waals surface area contributed by atoms with Crippen LogP contribution in [0.3, 0.4) is 0 Å². The predicted octanol–water partition coefficient (Wildman–Crippen LogP) is 7.09. The summed E-state index contributed by atoms with van der Waals surface area (Å²) in [4.78, 5) is 12.5. The number of carbonyl (C=O) groups is 1. The van der Waals surface area contributed by atoms with Gasteiger partial charge in [-0.05, 0) is 108 Å². The molecular formula is C30H35NO2. The fraction of sp³-hybridized carbons (Fsp3) is 0.367. The van der Waals surface area contributed by atoms with Crippen molar-refractivity contribution in [1.29, 1.82) is 0 Å². The van der Waals surface area contributed by atoms with Gasteiger partial charge in [0.15, 0.2) is 0 Å². The van der Waals surface area contributed by atoms with E-state index in [2.05, 4.69) is 52.1 Å². The summed E-state index contributed by atoms with van der Waals surface area (Å²) in [6.07, 6.45) is 4.40. The van der Waals surface area contributed by atoms with Crippen LogP contribution >= 0.6 is 0 Å². The number of hydrogen-bond donors (Lipinski definition) is 2. The van der Waals surface area contributed by atoms with E-state index >= 15 is 0 Å². The molecule has 0 bridgehead atoms. The highest BCUT2D eigenvalue weighted by molar-refractivity contribution is 6.04. The monoisotopic (exact) mass is 441 g/mol. The number of carbonyl (C=O) groups excluding carboxylic acids is 1. The zero-order valence-electron chi connectivity index (χ0n) is 20.5. The standard InChI is InChI=1S/C30H35NO2/c1-20-18-26-27(30(4,5)17-16-29(26,2)3)19-23(20)11-8-21-6-9-22(10-7-21)28(33)31-24-12-14-25(32)15-13-24/h6-7,9-10,12-15,18-19,32H,8,11,16-17H2,1-5H3,(H,31,33). The highest BCUT2D eigenvalue weighted by Gasteiger charge is 2.37. The van der Waals surface area contributed by atoms with Crippen LogP contribution in [0.5, 0.6) is 5.75 Å². The molecule has 3 heteroatoms. The first-order valence-corrected chi connectivity index (χ1v) is 11.9. The lowest BCUT2D eigenvalue weighted by Crippen LogP contribution is -2.34. The second kappa shape index (κ2) is 8.70. The van der Waals surface area contributed by atoms with Crippen molar-refractivity contribution < 1.29 is 9.90 Å². The Morgan fingerprint density at radius 2 is 1.42 bits per heavy atom. The van der Waals surface area contributed by atoms with Crippen LogP contribution in [0, 0.1) is 6.92 Å². The lowest BCUT2D eigenvalue weighted by Gasteiger charge is -2.42. The van der Waals surface area contributed by atoms with Gasteiger partial charge in [-0.1, -0.05) is 52.0 Å². The van der Waals surface area contributed by atoms with Gasteiger partial charge >= 0.3 is 0 Å². The van der Waals surface area contributed by atoms with Gasteiger partial charge in [0.2, 0.25) is 0 Å². The van der Waals surface area contributed by atoms with Crippen LogP contribution in [0.1, 0.15) is 78.7 Å². The van der Waals surface area contributed by atoms with Gasteiger partial charge < -0.3 is 10.4 Å². The molecule has 0 atom stereocenters. The first kappa shape index (κ1) is 23.1. The molecule has 3 aromatic rings. The van der Waals surface area contributed by atoms with Crippen LogP contribution in [0.15, 0.2) is 60.7 Å². The highest BCUT2D eigenvalue weighted by atomic mass is 16.3. The highest BCUT2D eigenvalue weighted by Crippen LogP contribution is 2.46. The summed E-state index contributed by atoms with van der Waals surface area (Å²) < 4.78 is 0. The van der Waals surface area contributed by atoms with Gasteiger partial charge in [0, 0.05) is 11.3 Å². The molecule has 1 aliphatic carbocycles. The van der Waals surface area contributed by atoms with E-state index in [9.17, 15) is 9.90 Å². The molecule has 0 saturated heterocycles. The van der Waals surface area contributed by atoms with Crippen molar-refractivity contribution in [2.45, 2.75) is 71.1 Å². The normalized spacial score (nSPS) is 16.2. The molecule has 0 radical (unpaired) electrons. The topological polar surface area (TPSA) is 49.3 Å². The summed E-state index contributed by atoms with van der Waals surface area (Å²) in [5.74, 6) is 0.0291. The van der Waals surface area contributed by atoms with Crippen LogP contribution in [-0.4, -0.2) is 11.0 Å². The zero-order chi connectivity index (χ0) is 23.8. The van der Waals surface area contributed by atoms with Crippen molar-refractivity contribution in [2.75, 3.05) is 5.32 Å². The maximum Gasteiger partial charge on any atom is 0.255 e. The van der Waals surface area contributed by atoms with Crippen molar-refractivity contribution in [3.8, 4) is 5.75 Å². The maximum absolute atomic E-state index is 12.5. The Bertz CT molecular complexity index is 1160. The van der Waals surface area contributed by atoms with Gasteiger partial charge in [0.05, 0.1) is 0 Å². The summed E-state index contributed by atoms with van der Waals surface area (Å²) in [5.41, 5.74) is 8.82. The average molecular weight is 442 g/mol. The van der Waals surface area contributed by atoms with Crippen molar-refractivity contribution in [1.82, 2.24) is 0 Å². The van der Waals surface area contributed by atoms with E-state index in [4.69, 9.17) is 0 Å². The Balaban J connectivity index is 1.45. The van der Waals surface area contributed by atoms with E-state index in [1.165, 1.54) is 40.7 Å². The van der Waals surface area contributed by atoms with Crippen LogP contribution in [0.4, 0.5) is 5.69 Å². The minimum atomic E-state index is -0.150. The van der Waals surface area contributed by atoms with Crippen molar-refractivity contribution in [3.63, 3.8) is 0 Å². The van der Waals surface area contributed by atoms with E-state index in [0.29, 0.717) is 11.3 Å². The molecule has 1 amide bonds. The molecule has 0 saturated carbocycles. The second-order valence-electron chi connectivity index (χ2n) is 10.8. The first-order valence-electron chi connectivity index (χ1n) is 11.9. The Labute approximate surface area is 197 Å². The molecule has 0 aliphatic heterocycles. The molecule has 0 aromatic heterocycles. The third-order valence-electron chi connectivity index (χ3n) is 7.33. The summed E-state index contributed by atoms with van der Waals surface area (Å²) in [7, 11) is 0. The quantitative estimate of drug-likeness (QED) is 0.415. The van der Waals surface area contributed by atoms with Gasteiger partial charge in [0.25, 0.3) is 5.91 Å². The number of phenols is 1. The number of aryl methyl sites for hydroxylation is 3. The molecule has 0 fully saturated rings. The van der Waals surface area contributed by atoms with Crippen LogP contribution in [-0.2, 0) is 23.7 Å². The lowest BCUT2D eigenvalue weighted by molar-refractivity contribution is 0.102. The van der Waals surface area contributed by atoms with E-state index in [1.807, 2.05) is 24.3 Å². The lowest BCUT2D eigenvalue weighted by atomic mass is 9.62. The van der Waals surface area contributed by atoms with Gasteiger partial charge in [-0.25, -0.2) is 0 Å². The minimum Gasteiger partial charge on any atom is -0.508 e. The fourth-order valence-corrected chi connectivity index (χ4v) is 4.89. The first-order chi connectivity index (χ1) is 15.5. The number of benzene rings is 3. The molecule has 2 N–H and O–H groups in total. The molecule has 4 rings (SSSR count). The number of nitrogens with one attached hydrogen (secondary N) is 1. The SMILES string of the molecule is Cc1cc2c(cc1CCc1ccc(C(=O)Nc3ccc(O)cc3)cc1)C(C)(C)CCC2(C)C. The van der Waals surface area contributed by atoms with E-state index in [0.717, 1.165) is 12.8 Å². The summed E-state index contributed by atoms with van der Waals surface area (Å²) in [6, 6.07) is 19.3. The van der Waals surface area contributed by atoms with E-state index < -0.39 is 0 Å². The number of rotatable bonds is 5. The van der Waals surface area contributed by atoms with Crippen molar-refractivity contribution >= 4 is 11.6 Å². The number of fused-ring (bicyclic) bond motifs is 1. The molecule has 3 nitrogen and oxygen atoms in total. The Morgan fingerprint density at radius 1 is 0.848 bits per heavy atom. The largest absolute Gasteiger partial charge is 0.508 e. The molecule has 0 heterocycles. The summed E-state index contributed by atoms with van der Waals surface area (Å²) in [5, 5.41) is 12.2. The van der Waals surface area contributed by atoms with Crippen molar-refractivity contribution in [3.05, 3.63) is 94.0 Å². The zero-order valence-corrected chi connectivity index (χ0v) is 20.5. The van der Waals surface area contributed by atoms with E-state index in [-0.39, 0.29) is 22.5 Å². The Morgan fingerprint density at radius 3 is 2.03 bits per heavy atom. The third kappa shape index (κ3) is 4.98. The smallest absolute Gasteiger partial charge is 0.255 e. The molecule has 3 aromatic carbocycles. The van der Waals surface area contributed by atoms with E-state index in [1.54, 1.807) is 24.3 Å². The molecule has 1 aliphatic rings. The van der Waals surface area contributed by atoms with Gasteiger partial charge in [-0.2, -0.15) is 0 Å². The molecule has 0 spiro atoms. The van der Waals surface area contributed by atoms with Crippen LogP contribution in [0.25, 0.3) is 0 Å². The third-order valence-corrected chi connectivity index (χ3v) is 7.33. The molecular weight excluding hydrogens is 406 g/mol. The van der Waals surface area contributed by atoms with Crippen molar-refractivity contribution in [2.24, 2.45) is 0 Å². The predicted molar refractivity (Wildman–Crippen MR) is 136 cm³/mol. The minimum absolute atomic E-state index is 0.150. The van der Waals surface area contributed by atoms with Gasteiger partial charge in [-0.3, -0.25) is 4.79 Å². The van der Waals surface area contributed by atoms with Crippen LogP contribution < -0.4 is 5.32 Å². The number of anilines is 1. The van der Waals surface area contributed by atoms with Gasteiger partial charge in [-0.15, -0.1) is 0 Å². The second-order valence-corrected chi connectivity index (χ2v) is 10.8. The number of amides is 1. The molecule has 33 heavy (non-hydrogen) atoms. The number of phenolic OH excluding ortho intramolecular Hbond substituents is 1. The average Bonchev–Trinajstić information content (AvgIpc) is 2.78. The molecule has 172 valence electrons. The summed E-state index contributed by atoms with van der Waals surface area (Å²) in [6.45, 7) is 11.7. The Kier molecular flexibility index (Phi) is 6.09. The number of hydrogen-bond acceptors (Lipinski definition) is 2. The fourth-order valence-electron chi connectivity index (χ4n) is 4.89. The Hall–Kier alpha value is -3.07. The van der Waals surface area contributed by atoms with Crippen LogP contribution in [0.2, 0.25) is 0 Å². The molecule has 0 unspecified atom stereocenters. The number of aromatic hydroxyl groups is 1. The van der Waals surface area contributed by atoms with Gasteiger partial charge in [0.1, 0.15) is 5.75 Å². The maximum atomic E-state index is 12.5.